The maximum atomic E-state index is 12.1. The molecule has 1 aliphatic carbocycles. The molecule has 1 aliphatic heterocycles. The van der Waals surface area contributed by atoms with Gasteiger partial charge in [-0.2, -0.15) is 0 Å². The van der Waals surface area contributed by atoms with E-state index in [0.717, 1.165) is 25.7 Å². The van der Waals surface area contributed by atoms with E-state index in [-0.39, 0.29) is 17.9 Å². The van der Waals surface area contributed by atoms with Crippen LogP contribution in [-0.4, -0.2) is 16.7 Å². The van der Waals surface area contributed by atoms with E-state index in [1.807, 2.05) is 6.07 Å². The van der Waals surface area contributed by atoms with E-state index >= 15 is 0 Å². The van der Waals surface area contributed by atoms with Crippen molar-refractivity contribution in [3.05, 3.63) is 82.9 Å². The van der Waals surface area contributed by atoms with Crippen molar-refractivity contribution >= 4 is 11.8 Å². The average Bonchev–Trinajstić information content (AvgIpc) is 3.17. The molecule has 0 unspecified atom stereocenters. The van der Waals surface area contributed by atoms with Crippen molar-refractivity contribution in [3.8, 4) is 0 Å². The van der Waals surface area contributed by atoms with Crippen LogP contribution in [0.3, 0.4) is 0 Å². The quantitative estimate of drug-likeness (QED) is 0.811. The van der Waals surface area contributed by atoms with Crippen LogP contribution in [0.15, 0.2) is 60.7 Å². The molecule has 0 bridgehead atoms. The summed E-state index contributed by atoms with van der Waals surface area (Å²) in [5.41, 5.74) is 5.03. The van der Waals surface area contributed by atoms with Gasteiger partial charge in [0.15, 0.2) is 0 Å². The molecule has 2 aromatic rings. The summed E-state index contributed by atoms with van der Waals surface area (Å²) in [6, 6.07) is 16.7. The number of aryl methyl sites for hydroxylation is 3. The first-order valence-corrected chi connectivity index (χ1v) is 8.44. The van der Waals surface area contributed by atoms with Crippen LogP contribution < -0.4 is 0 Å². The molecule has 3 nitrogen and oxygen atoms in total. The van der Waals surface area contributed by atoms with E-state index in [4.69, 9.17) is 0 Å². The molecule has 3 heteroatoms. The Bertz CT molecular complexity index is 805. The average molecular weight is 317 g/mol. The molecule has 4 rings (SSSR count). The molecule has 1 heterocycles. The summed E-state index contributed by atoms with van der Waals surface area (Å²) in [6.07, 6.45) is 6.41. The van der Waals surface area contributed by atoms with Crippen molar-refractivity contribution in [1.82, 2.24) is 4.90 Å². The number of carbonyl (C=O) groups is 2. The summed E-state index contributed by atoms with van der Waals surface area (Å²) in [4.78, 5) is 25.6. The lowest BCUT2D eigenvalue weighted by atomic mass is 9.95. The smallest absolute Gasteiger partial charge is 0.254 e. The molecular weight excluding hydrogens is 298 g/mol. The zero-order chi connectivity index (χ0) is 16.5. The summed E-state index contributed by atoms with van der Waals surface area (Å²) >= 11 is 0. The lowest BCUT2D eigenvalue weighted by Gasteiger charge is -2.25. The molecule has 0 fully saturated rings. The maximum Gasteiger partial charge on any atom is 0.254 e. The number of carbonyl (C=O) groups excluding carboxylic acids is 2. The fourth-order valence-electron chi connectivity index (χ4n) is 3.87. The summed E-state index contributed by atoms with van der Waals surface area (Å²) < 4.78 is 0. The number of fused-ring (bicyclic) bond motifs is 1. The van der Waals surface area contributed by atoms with Crippen LogP contribution >= 0.6 is 0 Å². The van der Waals surface area contributed by atoms with Gasteiger partial charge in [0.2, 0.25) is 0 Å². The first-order chi connectivity index (χ1) is 11.7. The van der Waals surface area contributed by atoms with Gasteiger partial charge in [-0.3, -0.25) is 14.5 Å². The van der Waals surface area contributed by atoms with Gasteiger partial charge in [0.05, 0.1) is 6.04 Å². The monoisotopic (exact) mass is 317 g/mol. The van der Waals surface area contributed by atoms with Crippen molar-refractivity contribution in [2.24, 2.45) is 0 Å². The minimum absolute atomic E-state index is 0.109. The first kappa shape index (κ1) is 14.9. The van der Waals surface area contributed by atoms with Crippen molar-refractivity contribution < 1.29 is 9.59 Å². The topological polar surface area (TPSA) is 37.4 Å². The van der Waals surface area contributed by atoms with Gasteiger partial charge in [-0.05, 0) is 47.9 Å². The van der Waals surface area contributed by atoms with Gasteiger partial charge in [-0.1, -0.05) is 48.5 Å². The third kappa shape index (κ3) is 2.56. The molecule has 0 saturated heterocycles. The van der Waals surface area contributed by atoms with Gasteiger partial charge >= 0.3 is 0 Å². The van der Waals surface area contributed by atoms with E-state index < -0.39 is 0 Å². The van der Waals surface area contributed by atoms with Gasteiger partial charge in [-0.15, -0.1) is 0 Å². The second kappa shape index (κ2) is 6.08. The Kier molecular flexibility index (Phi) is 3.77. The first-order valence-electron chi connectivity index (χ1n) is 8.44. The molecule has 0 spiro atoms. The SMILES string of the molecule is O=C1C=CC(=O)N1[C@H]1CCc2cccc(CCc3ccccc3)c21. The van der Waals surface area contributed by atoms with Gasteiger partial charge in [0.1, 0.15) is 0 Å². The van der Waals surface area contributed by atoms with E-state index in [0.29, 0.717) is 0 Å². The molecule has 120 valence electrons. The Hall–Kier alpha value is -2.68. The lowest BCUT2D eigenvalue weighted by molar-refractivity contribution is -0.139. The van der Waals surface area contributed by atoms with Crippen molar-refractivity contribution in [1.29, 1.82) is 0 Å². The summed E-state index contributed by atoms with van der Waals surface area (Å²) in [6.45, 7) is 0. The highest BCUT2D eigenvalue weighted by Crippen LogP contribution is 2.39. The normalized spacial score (nSPS) is 19.2. The molecule has 2 aromatic carbocycles. The number of nitrogens with zero attached hydrogens (tertiary/aromatic N) is 1. The summed E-state index contributed by atoms with van der Waals surface area (Å²) in [7, 11) is 0. The molecule has 0 N–H and O–H groups in total. The Morgan fingerprint density at radius 3 is 2.38 bits per heavy atom. The maximum absolute atomic E-state index is 12.1. The zero-order valence-electron chi connectivity index (χ0n) is 13.4. The largest absolute Gasteiger partial charge is 0.269 e. The van der Waals surface area contributed by atoms with E-state index in [1.54, 1.807) is 0 Å². The van der Waals surface area contributed by atoms with Crippen molar-refractivity contribution in [3.63, 3.8) is 0 Å². The van der Waals surface area contributed by atoms with E-state index in [2.05, 4.69) is 42.5 Å². The highest BCUT2D eigenvalue weighted by Gasteiger charge is 2.37. The van der Waals surface area contributed by atoms with Gasteiger partial charge < -0.3 is 0 Å². The van der Waals surface area contributed by atoms with E-state index in [9.17, 15) is 9.59 Å². The minimum atomic E-state index is -0.185. The molecule has 0 saturated carbocycles. The number of rotatable bonds is 4. The lowest BCUT2D eigenvalue weighted by Crippen LogP contribution is -2.33. The number of amides is 2. The van der Waals surface area contributed by atoms with Crippen LogP contribution in [0.5, 0.6) is 0 Å². The van der Waals surface area contributed by atoms with Gasteiger partial charge in [0, 0.05) is 12.2 Å². The Balaban J connectivity index is 1.62. The summed E-state index contributed by atoms with van der Waals surface area (Å²) in [5.74, 6) is -0.369. The molecular formula is C21H19NO2. The predicted molar refractivity (Wildman–Crippen MR) is 92.3 cm³/mol. The van der Waals surface area contributed by atoms with Crippen molar-refractivity contribution in [2.45, 2.75) is 31.7 Å². The van der Waals surface area contributed by atoms with Crippen LogP contribution in [0.25, 0.3) is 0 Å². The molecule has 2 amide bonds. The molecule has 2 aliphatic rings. The number of imide groups is 1. The number of hydrogen-bond donors (Lipinski definition) is 0. The minimum Gasteiger partial charge on any atom is -0.269 e. The Labute approximate surface area is 141 Å². The number of benzene rings is 2. The number of hydrogen-bond acceptors (Lipinski definition) is 2. The Morgan fingerprint density at radius 1 is 0.875 bits per heavy atom. The zero-order valence-corrected chi connectivity index (χ0v) is 13.4. The van der Waals surface area contributed by atoms with Crippen LogP contribution in [0.1, 0.15) is 34.7 Å². The fourth-order valence-corrected chi connectivity index (χ4v) is 3.87. The van der Waals surface area contributed by atoms with Crippen LogP contribution in [0.2, 0.25) is 0 Å². The summed E-state index contributed by atoms with van der Waals surface area (Å²) in [5, 5.41) is 0. The predicted octanol–water partition coefficient (Wildman–Crippen LogP) is 3.38. The highest BCUT2D eigenvalue weighted by molar-refractivity contribution is 6.13. The molecule has 24 heavy (non-hydrogen) atoms. The third-order valence-corrected chi connectivity index (χ3v) is 4.99. The van der Waals surface area contributed by atoms with Crippen LogP contribution in [0.4, 0.5) is 0 Å². The second-order valence-electron chi connectivity index (χ2n) is 6.41. The molecule has 1 atom stereocenters. The van der Waals surface area contributed by atoms with E-state index in [1.165, 1.54) is 39.3 Å². The highest BCUT2D eigenvalue weighted by atomic mass is 16.2. The second-order valence-corrected chi connectivity index (χ2v) is 6.41. The van der Waals surface area contributed by atoms with Crippen molar-refractivity contribution in [2.75, 3.05) is 0 Å². The van der Waals surface area contributed by atoms with Gasteiger partial charge in [0.25, 0.3) is 11.8 Å². The van der Waals surface area contributed by atoms with Crippen LogP contribution in [0, 0.1) is 0 Å². The molecule has 0 aromatic heterocycles. The third-order valence-electron chi connectivity index (χ3n) is 4.99. The standard InChI is InChI=1S/C21H19NO2/c23-19-13-14-20(24)22(19)18-12-11-17-8-4-7-16(21(17)18)10-9-15-5-2-1-3-6-15/h1-8,13-14,18H,9-12H2/t18-/m0/s1. The van der Waals surface area contributed by atoms with Gasteiger partial charge in [-0.25, -0.2) is 0 Å². The fraction of sp³-hybridized carbons (Fsp3) is 0.238. The Morgan fingerprint density at radius 2 is 1.62 bits per heavy atom. The molecule has 0 radical (unpaired) electrons. The van der Waals surface area contributed by atoms with Crippen LogP contribution in [-0.2, 0) is 28.9 Å².